The Balaban J connectivity index is 1.27. The summed E-state index contributed by atoms with van der Waals surface area (Å²) in [6.45, 7) is 1.08. The molecule has 1 saturated carbocycles. The minimum Gasteiger partial charge on any atom is -0.343 e. The zero-order chi connectivity index (χ0) is 21.1. The van der Waals surface area contributed by atoms with Crippen molar-refractivity contribution < 1.29 is 18.8 Å². The van der Waals surface area contributed by atoms with E-state index in [1.54, 1.807) is 11.8 Å². The Kier molecular flexibility index (Phi) is 6.61. The number of benzene rings is 1. The molecule has 2 aliphatic heterocycles. The lowest BCUT2D eigenvalue weighted by atomic mass is 9.80. The van der Waals surface area contributed by atoms with E-state index in [2.05, 4.69) is 5.32 Å². The standard InChI is InChI=1S/C22H28FN3O3S/c23-15-6-7-19-18(14-15)21(28)26(22(29)24-19)16-8-11-25(12-9-16)20(27)10-13-30-17-4-2-1-3-5-17/h1-5,15-16,18-19H,6-14H2,(H,24,29). The minimum absolute atomic E-state index is 0.110. The van der Waals surface area contributed by atoms with Gasteiger partial charge >= 0.3 is 6.03 Å². The summed E-state index contributed by atoms with van der Waals surface area (Å²) in [6.07, 6.45) is 1.76. The van der Waals surface area contributed by atoms with Gasteiger partial charge in [0.25, 0.3) is 0 Å². The molecule has 0 radical (unpaired) electrons. The maximum absolute atomic E-state index is 13.8. The molecule has 8 heteroatoms. The summed E-state index contributed by atoms with van der Waals surface area (Å²) >= 11 is 1.66. The summed E-state index contributed by atoms with van der Waals surface area (Å²) in [4.78, 5) is 42.3. The molecule has 4 rings (SSSR count). The first-order chi connectivity index (χ1) is 14.5. The van der Waals surface area contributed by atoms with Gasteiger partial charge in [-0.05, 0) is 44.2 Å². The summed E-state index contributed by atoms with van der Waals surface area (Å²) in [5, 5.41) is 2.91. The average Bonchev–Trinajstić information content (AvgIpc) is 2.75. The van der Waals surface area contributed by atoms with E-state index < -0.39 is 12.1 Å². The Morgan fingerprint density at radius 1 is 1.10 bits per heavy atom. The summed E-state index contributed by atoms with van der Waals surface area (Å²) in [6, 6.07) is 9.18. The molecule has 1 aromatic carbocycles. The van der Waals surface area contributed by atoms with Crippen LogP contribution in [0.15, 0.2) is 35.2 Å². The molecule has 0 spiro atoms. The molecule has 162 valence electrons. The van der Waals surface area contributed by atoms with Crippen LogP contribution in [0.25, 0.3) is 0 Å². The number of fused-ring (bicyclic) bond motifs is 1. The number of rotatable bonds is 5. The highest BCUT2D eigenvalue weighted by Crippen LogP contribution is 2.33. The topological polar surface area (TPSA) is 69.7 Å². The first kappa shape index (κ1) is 21.2. The van der Waals surface area contributed by atoms with Crippen molar-refractivity contribution in [3.8, 4) is 0 Å². The number of likely N-dealkylation sites (tertiary alicyclic amines) is 1. The Morgan fingerprint density at radius 3 is 2.57 bits per heavy atom. The van der Waals surface area contributed by atoms with Crippen molar-refractivity contribution in [3.63, 3.8) is 0 Å². The molecule has 0 bridgehead atoms. The first-order valence-electron chi connectivity index (χ1n) is 10.8. The number of urea groups is 1. The van der Waals surface area contributed by atoms with Crippen LogP contribution in [0, 0.1) is 5.92 Å². The molecule has 1 aromatic rings. The fraction of sp³-hybridized carbons (Fsp3) is 0.591. The van der Waals surface area contributed by atoms with Gasteiger partial charge in [-0.2, -0.15) is 0 Å². The number of carbonyl (C=O) groups excluding carboxylic acids is 3. The Labute approximate surface area is 180 Å². The van der Waals surface area contributed by atoms with Gasteiger partial charge in [0, 0.05) is 42.2 Å². The van der Waals surface area contributed by atoms with E-state index in [0.717, 1.165) is 10.6 Å². The minimum atomic E-state index is -0.972. The normalized spacial score (nSPS) is 27.6. The number of piperidine rings is 1. The molecular weight excluding hydrogens is 405 g/mol. The Bertz CT molecular complexity index is 785. The zero-order valence-electron chi connectivity index (χ0n) is 17.0. The van der Waals surface area contributed by atoms with Crippen molar-refractivity contribution in [1.29, 1.82) is 0 Å². The van der Waals surface area contributed by atoms with Crippen LogP contribution < -0.4 is 5.32 Å². The van der Waals surface area contributed by atoms with E-state index >= 15 is 0 Å². The predicted octanol–water partition coefficient (Wildman–Crippen LogP) is 3.22. The van der Waals surface area contributed by atoms with Crippen LogP contribution >= 0.6 is 11.8 Å². The number of nitrogens with zero attached hydrogens (tertiary/aromatic N) is 2. The lowest BCUT2D eigenvalue weighted by Gasteiger charge is -2.45. The SMILES string of the molecule is O=C(CCSc1ccccc1)N1CCC(N2C(=O)NC3CCC(F)CC3C2=O)CC1. The van der Waals surface area contributed by atoms with Gasteiger partial charge in [0.15, 0.2) is 0 Å². The number of amides is 4. The van der Waals surface area contributed by atoms with Crippen molar-refractivity contribution >= 4 is 29.6 Å². The van der Waals surface area contributed by atoms with E-state index in [9.17, 15) is 18.8 Å². The fourth-order valence-electron chi connectivity index (χ4n) is 4.72. The number of hydrogen-bond donors (Lipinski definition) is 1. The van der Waals surface area contributed by atoms with Gasteiger partial charge in [0.2, 0.25) is 11.8 Å². The van der Waals surface area contributed by atoms with Crippen molar-refractivity contribution in [2.45, 2.75) is 61.7 Å². The third kappa shape index (κ3) is 4.63. The number of hydrogen-bond acceptors (Lipinski definition) is 4. The Morgan fingerprint density at radius 2 is 1.83 bits per heavy atom. The summed E-state index contributed by atoms with van der Waals surface area (Å²) in [7, 11) is 0. The molecule has 3 fully saturated rings. The highest BCUT2D eigenvalue weighted by molar-refractivity contribution is 7.99. The van der Waals surface area contributed by atoms with Gasteiger partial charge in [0.05, 0.1) is 5.92 Å². The third-order valence-electron chi connectivity index (χ3n) is 6.38. The molecule has 3 atom stereocenters. The quantitative estimate of drug-likeness (QED) is 0.724. The van der Waals surface area contributed by atoms with Crippen LogP contribution in [0.2, 0.25) is 0 Å². The monoisotopic (exact) mass is 433 g/mol. The molecule has 1 N–H and O–H groups in total. The maximum atomic E-state index is 13.8. The lowest BCUT2D eigenvalue weighted by molar-refractivity contribution is -0.141. The second-order valence-corrected chi connectivity index (χ2v) is 9.47. The number of alkyl halides is 1. The van der Waals surface area contributed by atoms with Gasteiger partial charge in [-0.25, -0.2) is 9.18 Å². The van der Waals surface area contributed by atoms with E-state index in [1.165, 1.54) is 4.90 Å². The third-order valence-corrected chi connectivity index (χ3v) is 7.39. The number of thioether (sulfide) groups is 1. The highest BCUT2D eigenvalue weighted by Gasteiger charge is 2.47. The number of carbonyl (C=O) groups is 3. The van der Waals surface area contributed by atoms with E-state index in [4.69, 9.17) is 0 Å². The van der Waals surface area contributed by atoms with Gasteiger partial charge in [0.1, 0.15) is 6.17 Å². The highest BCUT2D eigenvalue weighted by atomic mass is 32.2. The molecular formula is C22H28FN3O3S. The smallest absolute Gasteiger partial charge is 0.324 e. The van der Waals surface area contributed by atoms with Crippen LogP contribution in [0.3, 0.4) is 0 Å². The summed E-state index contributed by atoms with van der Waals surface area (Å²) < 4.78 is 13.8. The lowest BCUT2D eigenvalue weighted by Crippen LogP contribution is -2.65. The molecule has 3 unspecified atom stereocenters. The largest absolute Gasteiger partial charge is 0.343 e. The van der Waals surface area contributed by atoms with Crippen LogP contribution in [0.1, 0.15) is 38.5 Å². The van der Waals surface area contributed by atoms with Gasteiger partial charge in [-0.15, -0.1) is 11.8 Å². The summed E-state index contributed by atoms with van der Waals surface area (Å²) in [5.41, 5.74) is 0. The fourth-order valence-corrected chi connectivity index (χ4v) is 5.58. The molecule has 30 heavy (non-hydrogen) atoms. The molecule has 6 nitrogen and oxygen atoms in total. The van der Waals surface area contributed by atoms with E-state index in [-0.39, 0.29) is 36.3 Å². The molecule has 2 heterocycles. The van der Waals surface area contributed by atoms with Crippen molar-refractivity contribution in [3.05, 3.63) is 30.3 Å². The predicted molar refractivity (Wildman–Crippen MR) is 113 cm³/mol. The van der Waals surface area contributed by atoms with Crippen LogP contribution in [0.4, 0.5) is 9.18 Å². The Hall–Kier alpha value is -2.09. The molecule has 2 saturated heterocycles. The maximum Gasteiger partial charge on any atom is 0.324 e. The second kappa shape index (κ2) is 9.37. The molecule has 1 aliphatic carbocycles. The number of halogens is 1. The van der Waals surface area contributed by atoms with Crippen LogP contribution in [0.5, 0.6) is 0 Å². The summed E-state index contributed by atoms with van der Waals surface area (Å²) in [5.74, 6) is 0.138. The van der Waals surface area contributed by atoms with Gasteiger partial charge < -0.3 is 10.2 Å². The molecule has 4 amide bonds. The number of nitrogens with one attached hydrogen (secondary N) is 1. The van der Waals surface area contributed by atoms with E-state index in [0.29, 0.717) is 45.2 Å². The molecule has 0 aromatic heterocycles. The van der Waals surface area contributed by atoms with Crippen molar-refractivity contribution in [2.75, 3.05) is 18.8 Å². The number of imide groups is 1. The average molecular weight is 434 g/mol. The van der Waals surface area contributed by atoms with E-state index in [1.807, 2.05) is 35.2 Å². The van der Waals surface area contributed by atoms with Crippen LogP contribution in [-0.4, -0.2) is 64.7 Å². The van der Waals surface area contributed by atoms with Crippen molar-refractivity contribution in [2.24, 2.45) is 5.92 Å². The zero-order valence-corrected chi connectivity index (χ0v) is 17.8. The van der Waals surface area contributed by atoms with Gasteiger partial charge in [-0.3, -0.25) is 14.5 Å². The van der Waals surface area contributed by atoms with Crippen molar-refractivity contribution in [1.82, 2.24) is 15.1 Å². The first-order valence-corrected chi connectivity index (χ1v) is 11.7. The van der Waals surface area contributed by atoms with Gasteiger partial charge in [-0.1, -0.05) is 18.2 Å². The second-order valence-electron chi connectivity index (χ2n) is 8.30. The molecule has 3 aliphatic rings. The van der Waals surface area contributed by atoms with Crippen LogP contribution in [-0.2, 0) is 9.59 Å².